The lowest BCUT2D eigenvalue weighted by Crippen LogP contribution is -2.30. The summed E-state index contributed by atoms with van der Waals surface area (Å²) in [5, 5.41) is 3.41. The summed E-state index contributed by atoms with van der Waals surface area (Å²) in [5.41, 5.74) is 2.83. The SMILES string of the molecule is C[C@@H](OC(=O)c1ccc(-c2ccccc2)cc1)C(=O)Nc1cc(Cl)cc(Cl)c1. The average Bonchev–Trinajstić information content (AvgIpc) is 2.68. The summed E-state index contributed by atoms with van der Waals surface area (Å²) in [6.07, 6.45) is -0.987. The highest BCUT2D eigenvalue weighted by molar-refractivity contribution is 6.35. The van der Waals surface area contributed by atoms with Crippen LogP contribution in [0.15, 0.2) is 72.8 Å². The van der Waals surface area contributed by atoms with Crippen molar-refractivity contribution in [1.82, 2.24) is 0 Å². The molecule has 0 aliphatic rings. The van der Waals surface area contributed by atoms with Crippen molar-refractivity contribution in [2.24, 2.45) is 0 Å². The zero-order valence-corrected chi connectivity index (χ0v) is 16.5. The van der Waals surface area contributed by atoms with Gasteiger partial charge >= 0.3 is 5.97 Å². The van der Waals surface area contributed by atoms with E-state index in [0.717, 1.165) is 11.1 Å². The van der Waals surface area contributed by atoms with E-state index in [1.54, 1.807) is 30.3 Å². The molecule has 3 aromatic rings. The van der Waals surface area contributed by atoms with Crippen LogP contribution < -0.4 is 5.32 Å². The first-order valence-corrected chi connectivity index (χ1v) is 9.31. The molecule has 4 nitrogen and oxygen atoms in total. The fraction of sp³-hybridized carbons (Fsp3) is 0.0909. The Morgan fingerprint density at radius 2 is 1.43 bits per heavy atom. The Bertz CT molecular complexity index is 968. The van der Waals surface area contributed by atoms with Gasteiger partial charge in [0.2, 0.25) is 0 Å². The van der Waals surface area contributed by atoms with Crippen molar-refractivity contribution < 1.29 is 14.3 Å². The van der Waals surface area contributed by atoms with E-state index in [1.807, 2.05) is 42.5 Å². The van der Waals surface area contributed by atoms with E-state index in [1.165, 1.54) is 6.92 Å². The molecule has 0 bridgehead atoms. The molecule has 28 heavy (non-hydrogen) atoms. The second kappa shape index (κ2) is 8.91. The molecule has 1 atom stereocenters. The molecular weight excluding hydrogens is 397 g/mol. The number of ether oxygens (including phenoxy) is 1. The van der Waals surface area contributed by atoms with E-state index in [4.69, 9.17) is 27.9 Å². The van der Waals surface area contributed by atoms with Gasteiger partial charge < -0.3 is 10.1 Å². The number of benzene rings is 3. The van der Waals surface area contributed by atoms with Crippen LogP contribution in [0.4, 0.5) is 5.69 Å². The number of rotatable bonds is 5. The number of esters is 1. The molecule has 0 heterocycles. The minimum atomic E-state index is -0.987. The van der Waals surface area contributed by atoms with Gasteiger partial charge in [0.15, 0.2) is 6.10 Å². The minimum absolute atomic E-state index is 0.366. The second-order valence-electron chi connectivity index (χ2n) is 6.14. The number of halogens is 2. The Kier molecular flexibility index (Phi) is 6.34. The quantitative estimate of drug-likeness (QED) is 0.534. The van der Waals surface area contributed by atoms with Gasteiger partial charge in [0.1, 0.15) is 0 Å². The van der Waals surface area contributed by atoms with Gasteiger partial charge in [-0.2, -0.15) is 0 Å². The summed E-state index contributed by atoms with van der Waals surface area (Å²) in [7, 11) is 0. The standard InChI is InChI=1S/C22H17Cl2NO3/c1-14(21(26)25-20-12-18(23)11-19(24)13-20)28-22(27)17-9-7-16(8-10-17)15-5-3-2-4-6-15/h2-14H,1H3,(H,25,26)/t14-/m1/s1. The van der Waals surface area contributed by atoms with Gasteiger partial charge in [-0.25, -0.2) is 4.79 Å². The first-order valence-electron chi connectivity index (χ1n) is 8.56. The van der Waals surface area contributed by atoms with Crippen molar-refractivity contribution >= 4 is 40.8 Å². The number of carbonyl (C=O) groups excluding carboxylic acids is 2. The smallest absolute Gasteiger partial charge is 0.338 e. The highest BCUT2D eigenvalue weighted by Gasteiger charge is 2.19. The largest absolute Gasteiger partial charge is 0.449 e. The first kappa shape index (κ1) is 19.9. The highest BCUT2D eigenvalue weighted by atomic mass is 35.5. The van der Waals surface area contributed by atoms with Crippen LogP contribution in [0, 0.1) is 0 Å². The molecule has 0 saturated heterocycles. The Labute approximate surface area is 173 Å². The zero-order valence-electron chi connectivity index (χ0n) is 15.0. The number of anilines is 1. The molecule has 0 aliphatic heterocycles. The van der Waals surface area contributed by atoms with Gasteiger partial charge in [-0.15, -0.1) is 0 Å². The molecule has 142 valence electrons. The van der Waals surface area contributed by atoms with Crippen molar-refractivity contribution in [2.45, 2.75) is 13.0 Å². The predicted molar refractivity (Wildman–Crippen MR) is 112 cm³/mol. The van der Waals surface area contributed by atoms with Crippen LogP contribution in [0.3, 0.4) is 0 Å². The fourth-order valence-electron chi connectivity index (χ4n) is 2.58. The van der Waals surface area contributed by atoms with E-state index in [2.05, 4.69) is 5.32 Å². The Balaban J connectivity index is 1.62. The zero-order chi connectivity index (χ0) is 20.1. The van der Waals surface area contributed by atoms with Crippen LogP contribution in [-0.2, 0) is 9.53 Å². The third-order valence-corrected chi connectivity index (χ3v) is 4.45. The fourth-order valence-corrected chi connectivity index (χ4v) is 3.11. The normalized spacial score (nSPS) is 11.5. The summed E-state index contributed by atoms with van der Waals surface area (Å²) < 4.78 is 5.26. The van der Waals surface area contributed by atoms with Gasteiger partial charge in [0.25, 0.3) is 5.91 Å². The summed E-state index contributed by atoms with van der Waals surface area (Å²) in [5.74, 6) is -1.06. The van der Waals surface area contributed by atoms with Crippen molar-refractivity contribution in [3.63, 3.8) is 0 Å². The van der Waals surface area contributed by atoms with Crippen LogP contribution in [0.2, 0.25) is 10.0 Å². The summed E-state index contributed by atoms with van der Waals surface area (Å²) in [6, 6.07) is 21.5. The molecule has 0 radical (unpaired) electrons. The Morgan fingerprint density at radius 1 is 0.857 bits per heavy atom. The average molecular weight is 414 g/mol. The molecule has 0 fully saturated rings. The topological polar surface area (TPSA) is 55.4 Å². The highest BCUT2D eigenvalue weighted by Crippen LogP contribution is 2.23. The Morgan fingerprint density at radius 3 is 2.04 bits per heavy atom. The lowest BCUT2D eigenvalue weighted by Gasteiger charge is -2.14. The number of nitrogens with one attached hydrogen (secondary N) is 1. The van der Waals surface area contributed by atoms with Gasteiger partial charge in [-0.3, -0.25) is 4.79 Å². The number of carbonyl (C=O) groups is 2. The van der Waals surface area contributed by atoms with Gasteiger partial charge in [0, 0.05) is 15.7 Å². The van der Waals surface area contributed by atoms with Crippen molar-refractivity contribution in [2.75, 3.05) is 5.32 Å². The molecule has 0 aromatic heterocycles. The van der Waals surface area contributed by atoms with E-state index >= 15 is 0 Å². The third-order valence-electron chi connectivity index (χ3n) is 4.01. The van der Waals surface area contributed by atoms with Crippen molar-refractivity contribution in [3.8, 4) is 11.1 Å². The number of amides is 1. The first-order chi connectivity index (χ1) is 13.4. The molecule has 3 rings (SSSR count). The lowest BCUT2D eigenvalue weighted by atomic mass is 10.0. The molecule has 1 amide bonds. The maximum absolute atomic E-state index is 12.3. The minimum Gasteiger partial charge on any atom is -0.449 e. The van der Waals surface area contributed by atoms with Crippen molar-refractivity contribution in [3.05, 3.63) is 88.4 Å². The lowest BCUT2D eigenvalue weighted by molar-refractivity contribution is -0.123. The monoisotopic (exact) mass is 413 g/mol. The maximum atomic E-state index is 12.3. The second-order valence-corrected chi connectivity index (χ2v) is 7.01. The van der Waals surface area contributed by atoms with Crippen LogP contribution >= 0.6 is 23.2 Å². The maximum Gasteiger partial charge on any atom is 0.338 e. The summed E-state index contributed by atoms with van der Waals surface area (Å²) in [4.78, 5) is 24.6. The number of hydrogen-bond donors (Lipinski definition) is 1. The van der Waals surface area contributed by atoms with Crippen LogP contribution in [0.5, 0.6) is 0 Å². The van der Waals surface area contributed by atoms with E-state index in [0.29, 0.717) is 21.3 Å². The number of hydrogen-bond acceptors (Lipinski definition) is 3. The summed E-state index contributed by atoms with van der Waals surface area (Å²) in [6.45, 7) is 1.50. The van der Waals surface area contributed by atoms with Crippen LogP contribution in [-0.4, -0.2) is 18.0 Å². The van der Waals surface area contributed by atoms with Crippen LogP contribution in [0.25, 0.3) is 11.1 Å². The molecule has 0 spiro atoms. The van der Waals surface area contributed by atoms with E-state index in [9.17, 15) is 9.59 Å². The van der Waals surface area contributed by atoms with Gasteiger partial charge in [-0.1, -0.05) is 65.7 Å². The summed E-state index contributed by atoms with van der Waals surface area (Å²) >= 11 is 11.8. The molecular formula is C22H17Cl2NO3. The molecule has 0 aliphatic carbocycles. The van der Waals surface area contributed by atoms with E-state index < -0.39 is 18.0 Å². The molecule has 1 N–H and O–H groups in total. The predicted octanol–water partition coefficient (Wildman–Crippen LogP) is 5.84. The molecule has 6 heteroatoms. The molecule has 3 aromatic carbocycles. The van der Waals surface area contributed by atoms with Crippen molar-refractivity contribution in [1.29, 1.82) is 0 Å². The molecule has 0 unspecified atom stereocenters. The third kappa shape index (κ3) is 5.12. The molecule has 0 saturated carbocycles. The Hall–Kier alpha value is -2.82. The van der Waals surface area contributed by atoms with Gasteiger partial charge in [0.05, 0.1) is 5.56 Å². The van der Waals surface area contributed by atoms with E-state index in [-0.39, 0.29) is 0 Å². The van der Waals surface area contributed by atoms with Crippen LogP contribution in [0.1, 0.15) is 17.3 Å². The van der Waals surface area contributed by atoms with Gasteiger partial charge in [-0.05, 0) is 48.4 Å².